The van der Waals surface area contributed by atoms with Gasteiger partial charge in [0.15, 0.2) is 5.70 Å². The number of rotatable bonds is 3. The lowest BCUT2D eigenvalue weighted by atomic mass is 10.2. The third-order valence-corrected chi connectivity index (χ3v) is 3.37. The smallest absolute Gasteiger partial charge is 0.363 e. The predicted octanol–water partition coefficient (Wildman–Crippen LogP) is 3.59. The van der Waals surface area contributed by atoms with Crippen LogP contribution in [0.25, 0.3) is 6.08 Å². The Bertz CT molecular complexity index is 839. The molecule has 0 N–H and O–H groups in total. The van der Waals surface area contributed by atoms with Gasteiger partial charge in [0, 0.05) is 22.7 Å². The molecule has 0 unspecified atom stereocenters. The van der Waals surface area contributed by atoms with Crippen LogP contribution in [0.3, 0.4) is 0 Å². The van der Waals surface area contributed by atoms with Crippen molar-refractivity contribution >= 4 is 35.2 Å². The first kappa shape index (κ1) is 14.9. The van der Waals surface area contributed by atoms with Crippen LogP contribution in [0.2, 0.25) is 5.02 Å². The minimum Gasteiger partial charge on any atom is -0.402 e. The van der Waals surface area contributed by atoms with Gasteiger partial charge in [0.2, 0.25) is 5.90 Å². The Balaban J connectivity index is 1.88. The maximum absolute atomic E-state index is 11.9. The molecule has 0 bridgehead atoms. The molecule has 0 spiro atoms. The lowest BCUT2D eigenvalue weighted by molar-refractivity contribution is -0.384. The molecule has 1 heterocycles. The fourth-order valence-corrected chi connectivity index (χ4v) is 2.10. The van der Waals surface area contributed by atoms with E-state index in [-0.39, 0.29) is 17.3 Å². The number of hydrogen-bond donors (Lipinski definition) is 0. The summed E-state index contributed by atoms with van der Waals surface area (Å²) in [5.41, 5.74) is 1.36. The number of esters is 1. The van der Waals surface area contributed by atoms with Gasteiger partial charge in [-0.2, -0.15) is 0 Å². The highest BCUT2D eigenvalue weighted by Gasteiger charge is 2.24. The van der Waals surface area contributed by atoms with Crippen LogP contribution < -0.4 is 0 Å². The summed E-state index contributed by atoms with van der Waals surface area (Å²) in [4.78, 5) is 26.1. The number of nitro groups is 1. The highest BCUT2D eigenvalue weighted by atomic mass is 35.5. The third-order valence-electron chi connectivity index (χ3n) is 3.12. The Hall–Kier alpha value is -2.99. The van der Waals surface area contributed by atoms with E-state index in [1.165, 1.54) is 24.3 Å². The van der Waals surface area contributed by atoms with Crippen LogP contribution in [-0.2, 0) is 9.53 Å². The number of nitro benzene ring substituents is 1. The van der Waals surface area contributed by atoms with Crippen molar-refractivity contribution in [3.8, 4) is 0 Å². The molecule has 6 nitrogen and oxygen atoms in total. The van der Waals surface area contributed by atoms with E-state index in [1.54, 1.807) is 30.3 Å². The molecule has 7 heteroatoms. The summed E-state index contributed by atoms with van der Waals surface area (Å²) < 4.78 is 5.10. The topological polar surface area (TPSA) is 81.8 Å². The number of hydrogen-bond acceptors (Lipinski definition) is 5. The van der Waals surface area contributed by atoms with Crippen molar-refractivity contribution in [3.05, 3.63) is 80.5 Å². The van der Waals surface area contributed by atoms with Gasteiger partial charge in [0.25, 0.3) is 5.69 Å². The molecule has 0 aliphatic carbocycles. The quantitative estimate of drug-likeness (QED) is 0.373. The van der Waals surface area contributed by atoms with E-state index in [2.05, 4.69) is 4.99 Å². The van der Waals surface area contributed by atoms with Gasteiger partial charge in [-0.15, -0.1) is 0 Å². The molecule has 2 aromatic carbocycles. The van der Waals surface area contributed by atoms with E-state index in [0.717, 1.165) is 5.56 Å². The zero-order valence-electron chi connectivity index (χ0n) is 11.6. The minimum atomic E-state index is -0.576. The molecule has 114 valence electrons. The van der Waals surface area contributed by atoms with Gasteiger partial charge < -0.3 is 4.74 Å². The second-order valence-electron chi connectivity index (χ2n) is 4.69. The van der Waals surface area contributed by atoms with Crippen LogP contribution in [-0.4, -0.2) is 16.8 Å². The summed E-state index contributed by atoms with van der Waals surface area (Å²) >= 11 is 5.81. The second-order valence-corrected chi connectivity index (χ2v) is 5.13. The zero-order chi connectivity index (χ0) is 16.4. The molecular formula is C16H9ClN2O4. The zero-order valence-corrected chi connectivity index (χ0v) is 12.4. The largest absolute Gasteiger partial charge is 0.402 e. The van der Waals surface area contributed by atoms with Crippen LogP contribution in [0, 0.1) is 10.1 Å². The van der Waals surface area contributed by atoms with E-state index in [1.807, 2.05) is 0 Å². The maximum Gasteiger partial charge on any atom is 0.363 e. The first-order chi connectivity index (χ1) is 11.0. The third kappa shape index (κ3) is 3.27. The van der Waals surface area contributed by atoms with Crippen LogP contribution in [0.4, 0.5) is 5.69 Å². The van der Waals surface area contributed by atoms with Crippen molar-refractivity contribution < 1.29 is 14.5 Å². The van der Waals surface area contributed by atoms with Gasteiger partial charge >= 0.3 is 5.97 Å². The van der Waals surface area contributed by atoms with Crippen molar-refractivity contribution in [3.63, 3.8) is 0 Å². The van der Waals surface area contributed by atoms with Gasteiger partial charge in [0.05, 0.1) is 4.92 Å². The Morgan fingerprint density at radius 2 is 1.74 bits per heavy atom. The average molecular weight is 329 g/mol. The Labute approximate surface area is 135 Å². The van der Waals surface area contributed by atoms with Gasteiger partial charge in [0.1, 0.15) is 0 Å². The number of cyclic esters (lactones) is 1. The normalized spacial score (nSPS) is 15.4. The monoisotopic (exact) mass is 328 g/mol. The van der Waals surface area contributed by atoms with Crippen molar-refractivity contribution in [1.82, 2.24) is 0 Å². The first-order valence-electron chi connectivity index (χ1n) is 6.56. The molecule has 0 saturated carbocycles. The van der Waals surface area contributed by atoms with Crippen LogP contribution >= 0.6 is 11.6 Å². The summed E-state index contributed by atoms with van der Waals surface area (Å²) in [7, 11) is 0. The fourth-order valence-electron chi connectivity index (χ4n) is 1.98. The lowest BCUT2D eigenvalue weighted by Gasteiger charge is -1.98. The summed E-state index contributed by atoms with van der Waals surface area (Å²) in [5.74, 6) is -0.460. The summed E-state index contributed by atoms with van der Waals surface area (Å²) in [5, 5.41) is 11.2. The Morgan fingerprint density at radius 1 is 1.09 bits per heavy atom. The molecule has 0 atom stereocenters. The molecule has 2 aromatic rings. The molecule has 0 radical (unpaired) electrons. The molecule has 0 amide bonds. The van der Waals surface area contributed by atoms with Crippen LogP contribution in [0.15, 0.2) is 59.2 Å². The first-order valence-corrected chi connectivity index (χ1v) is 6.94. The van der Waals surface area contributed by atoms with Gasteiger partial charge in [-0.1, -0.05) is 23.7 Å². The summed E-state index contributed by atoms with van der Waals surface area (Å²) in [6.07, 6.45) is 1.58. The minimum absolute atomic E-state index is 0.0457. The van der Waals surface area contributed by atoms with Crippen LogP contribution in [0.1, 0.15) is 11.1 Å². The van der Waals surface area contributed by atoms with Crippen LogP contribution in [0.5, 0.6) is 0 Å². The summed E-state index contributed by atoms with van der Waals surface area (Å²) in [6, 6.07) is 12.5. The molecule has 1 aliphatic heterocycles. The fraction of sp³-hybridized carbons (Fsp3) is 0. The SMILES string of the molecule is O=C1OC(c2ccc([N+](=O)[O-])cc2)=N/C1=C/c1ccc(Cl)cc1. The Morgan fingerprint density at radius 3 is 2.35 bits per heavy atom. The molecular weight excluding hydrogens is 320 g/mol. The van der Waals surface area contributed by atoms with Crippen molar-refractivity contribution in [2.45, 2.75) is 0 Å². The predicted molar refractivity (Wildman–Crippen MR) is 85.2 cm³/mol. The van der Waals surface area contributed by atoms with Crippen molar-refractivity contribution in [2.75, 3.05) is 0 Å². The molecule has 23 heavy (non-hydrogen) atoms. The number of benzene rings is 2. The standard InChI is InChI=1S/C16H9ClN2O4/c17-12-5-1-10(2-6-12)9-14-16(20)23-15(18-14)11-3-7-13(8-4-11)19(21)22/h1-9H/b14-9+. The number of aliphatic imine (C=N–C) groups is 1. The maximum atomic E-state index is 11.9. The number of carbonyl (C=O) groups excluding carboxylic acids is 1. The number of carbonyl (C=O) groups is 1. The molecule has 0 fully saturated rings. The molecule has 0 saturated heterocycles. The second kappa shape index (κ2) is 6.02. The van der Waals surface area contributed by atoms with E-state index < -0.39 is 10.9 Å². The van der Waals surface area contributed by atoms with Gasteiger partial charge in [-0.25, -0.2) is 9.79 Å². The Kier molecular flexibility index (Phi) is 3.91. The van der Waals surface area contributed by atoms with Gasteiger partial charge in [-0.3, -0.25) is 10.1 Å². The lowest BCUT2D eigenvalue weighted by Crippen LogP contribution is -2.05. The number of non-ortho nitro benzene ring substituents is 1. The van der Waals surface area contributed by atoms with E-state index >= 15 is 0 Å². The number of halogens is 1. The van der Waals surface area contributed by atoms with Crippen molar-refractivity contribution in [1.29, 1.82) is 0 Å². The average Bonchev–Trinajstić information content (AvgIpc) is 2.91. The van der Waals surface area contributed by atoms with E-state index in [0.29, 0.717) is 10.6 Å². The van der Waals surface area contributed by atoms with E-state index in [9.17, 15) is 14.9 Å². The number of ether oxygens (including phenoxy) is 1. The summed E-state index contributed by atoms with van der Waals surface area (Å²) in [6.45, 7) is 0. The number of nitrogens with zero attached hydrogens (tertiary/aromatic N) is 2. The highest BCUT2D eigenvalue weighted by molar-refractivity contribution is 6.30. The van der Waals surface area contributed by atoms with Gasteiger partial charge in [-0.05, 0) is 35.9 Å². The molecule has 0 aromatic heterocycles. The molecule has 1 aliphatic rings. The molecule has 3 rings (SSSR count). The van der Waals surface area contributed by atoms with Crippen molar-refractivity contribution in [2.24, 2.45) is 4.99 Å². The van der Waals surface area contributed by atoms with E-state index in [4.69, 9.17) is 16.3 Å². The highest BCUT2D eigenvalue weighted by Crippen LogP contribution is 2.21.